The average molecular weight is 349 g/mol. The van der Waals surface area contributed by atoms with Crippen LogP contribution < -0.4 is 25.1 Å². The highest BCUT2D eigenvalue weighted by atomic mass is 16.5. The third-order valence-electron chi connectivity index (χ3n) is 4.81. The summed E-state index contributed by atoms with van der Waals surface area (Å²) in [6, 6.07) is 5.79. The van der Waals surface area contributed by atoms with Crippen LogP contribution in [0.1, 0.15) is 26.2 Å². The molecule has 2 saturated heterocycles. The van der Waals surface area contributed by atoms with Gasteiger partial charge in [-0.05, 0) is 25.5 Å². The Hall–Kier alpha value is -1.99. The zero-order chi connectivity index (χ0) is 17.8. The van der Waals surface area contributed by atoms with Crippen LogP contribution in [0.5, 0.6) is 17.2 Å². The van der Waals surface area contributed by atoms with Gasteiger partial charge in [0.15, 0.2) is 11.5 Å². The zero-order valence-electron chi connectivity index (χ0n) is 15.1. The quantitative estimate of drug-likeness (QED) is 0.836. The van der Waals surface area contributed by atoms with Gasteiger partial charge in [0, 0.05) is 32.0 Å². The molecule has 2 N–H and O–H groups in total. The van der Waals surface area contributed by atoms with Crippen LogP contribution in [-0.4, -0.2) is 56.3 Å². The monoisotopic (exact) mass is 349 g/mol. The van der Waals surface area contributed by atoms with E-state index in [1.165, 1.54) is 0 Å². The van der Waals surface area contributed by atoms with Crippen LogP contribution in [0.3, 0.4) is 0 Å². The lowest BCUT2D eigenvalue weighted by atomic mass is 10.0. The second kappa shape index (κ2) is 7.93. The highest BCUT2D eigenvalue weighted by molar-refractivity contribution is 5.82. The minimum absolute atomic E-state index is 0.0443. The fourth-order valence-electron chi connectivity index (χ4n) is 3.39. The number of para-hydroxylation sites is 1. The Morgan fingerprint density at radius 3 is 2.28 bits per heavy atom. The maximum atomic E-state index is 12.6. The Bertz CT molecular complexity index is 580. The summed E-state index contributed by atoms with van der Waals surface area (Å²) in [6.45, 7) is 3.47. The number of nitrogens with one attached hydrogen (secondary N) is 2. The van der Waals surface area contributed by atoms with E-state index in [1.54, 1.807) is 14.2 Å². The molecule has 2 fully saturated rings. The molecule has 2 aliphatic rings. The number of nitrogens with zero attached hydrogens (tertiary/aromatic N) is 1. The van der Waals surface area contributed by atoms with Crippen molar-refractivity contribution in [3.8, 4) is 17.2 Å². The molecule has 1 aromatic rings. The smallest absolute Gasteiger partial charge is 0.241 e. The molecular weight excluding hydrogens is 322 g/mol. The summed E-state index contributed by atoms with van der Waals surface area (Å²) < 4.78 is 16.9. The van der Waals surface area contributed by atoms with Crippen LogP contribution in [0.4, 0.5) is 0 Å². The first kappa shape index (κ1) is 17.8. The number of carbonyl (C=O) groups excluding carboxylic acids is 1. The van der Waals surface area contributed by atoms with Crippen molar-refractivity contribution in [2.24, 2.45) is 0 Å². The predicted octanol–water partition coefficient (Wildman–Crippen LogP) is 1.33. The zero-order valence-corrected chi connectivity index (χ0v) is 15.1. The van der Waals surface area contributed by atoms with Crippen molar-refractivity contribution in [3.63, 3.8) is 0 Å². The van der Waals surface area contributed by atoms with Gasteiger partial charge in [-0.25, -0.2) is 5.43 Å². The van der Waals surface area contributed by atoms with E-state index >= 15 is 0 Å². The van der Waals surface area contributed by atoms with Crippen LogP contribution in [0.25, 0.3) is 0 Å². The lowest BCUT2D eigenvalue weighted by molar-refractivity contribution is -0.135. The van der Waals surface area contributed by atoms with Crippen molar-refractivity contribution in [1.82, 2.24) is 15.8 Å². The summed E-state index contributed by atoms with van der Waals surface area (Å²) >= 11 is 0. The molecule has 0 bridgehead atoms. The molecule has 7 heteroatoms. The number of piperidine rings is 1. The summed E-state index contributed by atoms with van der Waals surface area (Å²) in [5, 5.41) is 0. The second-order valence-electron chi connectivity index (χ2n) is 6.61. The molecule has 0 radical (unpaired) electrons. The Kier molecular flexibility index (Phi) is 5.65. The molecule has 7 nitrogen and oxygen atoms in total. The Balaban J connectivity index is 1.57. The largest absolute Gasteiger partial charge is 0.493 e. The summed E-state index contributed by atoms with van der Waals surface area (Å²) in [6.07, 6.45) is 2.46. The van der Waals surface area contributed by atoms with Crippen molar-refractivity contribution in [1.29, 1.82) is 0 Å². The molecule has 0 aliphatic carbocycles. The maximum Gasteiger partial charge on any atom is 0.241 e. The van der Waals surface area contributed by atoms with Gasteiger partial charge in [-0.1, -0.05) is 6.07 Å². The minimum atomic E-state index is -0.123. The van der Waals surface area contributed by atoms with Gasteiger partial charge in [0.2, 0.25) is 11.7 Å². The molecule has 138 valence electrons. The van der Waals surface area contributed by atoms with E-state index in [4.69, 9.17) is 14.2 Å². The van der Waals surface area contributed by atoms with Gasteiger partial charge < -0.3 is 19.1 Å². The van der Waals surface area contributed by atoms with Gasteiger partial charge in [0.25, 0.3) is 0 Å². The van der Waals surface area contributed by atoms with Gasteiger partial charge in [0.05, 0.1) is 14.2 Å². The molecule has 25 heavy (non-hydrogen) atoms. The normalized spacial score (nSPS) is 24.2. The highest BCUT2D eigenvalue weighted by Crippen LogP contribution is 2.38. The molecule has 1 amide bonds. The van der Waals surface area contributed by atoms with Gasteiger partial charge in [0.1, 0.15) is 12.1 Å². The lowest BCUT2D eigenvalue weighted by Crippen LogP contribution is -2.49. The van der Waals surface area contributed by atoms with Crippen molar-refractivity contribution in [3.05, 3.63) is 18.2 Å². The van der Waals surface area contributed by atoms with E-state index in [0.717, 1.165) is 19.3 Å². The van der Waals surface area contributed by atoms with Crippen LogP contribution >= 0.6 is 0 Å². The van der Waals surface area contributed by atoms with Crippen molar-refractivity contribution in [2.75, 3.05) is 27.3 Å². The van der Waals surface area contributed by atoms with E-state index in [2.05, 4.69) is 17.8 Å². The number of methoxy groups -OCH3 is 2. The van der Waals surface area contributed by atoms with E-state index in [9.17, 15) is 4.79 Å². The Morgan fingerprint density at radius 2 is 1.76 bits per heavy atom. The Morgan fingerprint density at radius 1 is 1.12 bits per heavy atom. The SMILES string of the molecule is COc1cccc(OC)c1OC1CCN(C(=O)C2CC(C)NN2)CC1. The number of hydrogen-bond donors (Lipinski definition) is 2. The van der Waals surface area contributed by atoms with Crippen LogP contribution in [-0.2, 0) is 4.79 Å². The van der Waals surface area contributed by atoms with Crippen LogP contribution in [0.15, 0.2) is 18.2 Å². The molecule has 2 atom stereocenters. The van der Waals surface area contributed by atoms with Gasteiger partial charge in [-0.3, -0.25) is 10.2 Å². The molecule has 0 aromatic heterocycles. The van der Waals surface area contributed by atoms with Gasteiger partial charge >= 0.3 is 0 Å². The molecule has 1 aromatic carbocycles. The van der Waals surface area contributed by atoms with E-state index < -0.39 is 0 Å². The third kappa shape index (κ3) is 3.99. The average Bonchev–Trinajstić information content (AvgIpc) is 3.08. The van der Waals surface area contributed by atoms with Crippen LogP contribution in [0, 0.1) is 0 Å². The summed E-state index contributed by atoms with van der Waals surface area (Å²) in [5.41, 5.74) is 6.19. The first-order valence-electron chi connectivity index (χ1n) is 8.80. The Labute approximate surface area is 148 Å². The number of ether oxygens (including phenoxy) is 3. The molecule has 0 saturated carbocycles. The number of likely N-dealkylation sites (tertiary alicyclic amines) is 1. The predicted molar refractivity (Wildman–Crippen MR) is 93.9 cm³/mol. The first-order chi connectivity index (χ1) is 12.1. The summed E-state index contributed by atoms with van der Waals surface area (Å²) in [4.78, 5) is 14.5. The highest BCUT2D eigenvalue weighted by Gasteiger charge is 2.33. The van der Waals surface area contributed by atoms with Gasteiger partial charge in [-0.2, -0.15) is 0 Å². The number of hydrazine groups is 1. The molecule has 3 rings (SSSR count). The first-order valence-corrected chi connectivity index (χ1v) is 8.80. The molecule has 2 aliphatic heterocycles. The number of benzene rings is 1. The van der Waals surface area contributed by atoms with Crippen LogP contribution in [0.2, 0.25) is 0 Å². The topological polar surface area (TPSA) is 72.1 Å². The fourth-order valence-corrected chi connectivity index (χ4v) is 3.39. The third-order valence-corrected chi connectivity index (χ3v) is 4.81. The number of carbonyl (C=O) groups is 1. The van der Waals surface area contributed by atoms with Gasteiger partial charge in [-0.15, -0.1) is 0 Å². The standard InChI is InChI=1S/C18H27N3O4/c1-12-11-14(20-19-12)18(22)21-9-7-13(8-10-21)25-17-15(23-2)5-4-6-16(17)24-3/h4-6,12-14,19-20H,7-11H2,1-3H3. The van der Waals surface area contributed by atoms with E-state index in [-0.39, 0.29) is 18.1 Å². The van der Waals surface area contributed by atoms with Crippen molar-refractivity contribution < 1.29 is 19.0 Å². The fraction of sp³-hybridized carbons (Fsp3) is 0.611. The summed E-state index contributed by atoms with van der Waals surface area (Å²) in [5.74, 6) is 2.12. The molecular formula is C18H27N3O4. The molecule has 2 heterocycles. The number of amides is 1. The van der Waals surface area contributed by atoms with Crippen molar-refractivity contribution in [2.45, 2.75) is 44.4 Å². The van der Waals surface area contributed by atoms with E-state index in [0.29, 0.717) is 36.4 Å². The number of rotatable bonds is 5. The minimum Gasteiger partial charge on any atom is -0.493 e. The van der Waals surface area contributed by atoms with E-state index in [1.807, 2.05) is 23.1 Å². The van der Waals surface area contributed by atoms with Crippen molar-refractivity contribution >= 4 is 5.91 Å². The molecule has 2 unspecified atom stereocenters. The summed E-state index contributed by atoms with van der Waals surface area (Å²) in [7, 11) is 3.24. The second-order valence-corrected chi connectivity index (χ2v) is 6.61. The molecule has 0 spiro atoms. The number of hydrogen-bond acceptors (Lipinski definition) is 6. The lowest BCUT2D eigenvalue weighted by Gasteiger charge is -2.34. The maximum absolute atomic E-state index is 12.6.